The SMILES string of the molecule is COC(=O)C(N)Cc1ccc(Cl)cc1[N+](=O)[O-].Cl. The monoisotopic (exact) mass is 294 g/mol. The molecular weight excluding hydrogens is 283 g/mol. The molecule has 100 valence electrons. The van der Waals surface area contributed by atoms with Crippen LogP contribution in [0.4, 0.5) is 5.69 Å². The van der Waals surface area contributed by atoms with Crippen LogP contribution in [0.2, 0.25) is 5.02 Å². The van der Waals surface area contributed by atoms with Gasteiger partial charge in [0.2, 0.25) is 0 Å². The van der Waals surface area contributed by atoms with Gasteiger partial charge in [-0.25, -0.2) is 0 Å². The Morgan fingerprint density at radius 1 is 1.61 bits per heavy atom. The fourth-order valence-corrected chi connectivity index (χ4v) is 1.52. The van der Waals surface area contributed by atoms with Crippen LogP contribution in [0.1, 0.15) is 5.56 Å². The lowest BCUT2D eigenvalue weighted by molar-refractivity contribution is -0.385. The molecule has 0 aliphatic heterocycles. The van der Waals surface area contributed by atoms with E-state index in [2.05, 4.69) is 4.74 Å². The maximum absolute atomic E-state index is 11.1. The largest absolute Gasteiger partial charge is 0.468 e. The third-order valence-electron chi connectivity index (χ3n) is 2.19. The second-order valence-electron chi connectivity index (χ2n) is 3.36. The number of hydrogen-bond donors (Lipinski definition) is 1. The molecule has 0 amide bonds. The molecule has 0 aliphatic carbocycles. The zero-order valence-electron chi connectivity index (χ0n) is 9.46. The van der Waals surface area contributed by atoms with Gasteiger partial charge in [0.1, 0.15) is 6.04 Å². The zero-order chi connectivity index (χ0) is 13.0. The van der Waals surface area contributed by atoms with Crippen molar-refractivity contribution in [2.24, 2.45) is 5.73 Å². The minimum Gasteiger partial charge on any atom is -0.468 e. The molecule has 0 aromatic heterocycles. The zero-order valence-corrected chi connectivity index (χ0v) is 11.0. The molecule has 0 saturated carbocycles. The van der Waals surface area contributed by atoms with Gasteiger partial charge in [-0.1, -0.05) is 17.7 Å². The van der Waals surface area contributed by atoms with Gasteiger partial charge >= 0.3 is 5.97 Å². The minimum atomic E-state index is -0.931. The number of esters is 1. The van der Waals surface area contributed by atoms with Gasteiger partial charge in [0.15, 0.2) is 0 Å². The number of methoxy groups -OCH3 is 1. The minimum absolute atomic E-state index is 0. The van der Waals surface area contributed by atoms with Crippen molar-refractivity contribution < 1.29 is 14.5 Å². The molecule has 0 fully saturated rings. The summed E-state index contributed by atoms with van der Waals surface area (Å²) in [4.78, 5) is 21.3. The number of hydrogen-bond acceptors (Lipinski definition) is 5. The number of nitrogens with two attached hydrogens (primary N) is 1. The van der Waals surface area contributed by atoms with Gasteiger partial charge < -0.3 is 10.5 Å². The maximum Gasteiger partial charge on any atom is 0.322 e. The lowest BCUT2D eigenvalue weighted by atomic mass is 10.0. The van der Waals surface area contributed by atoms with Crippen molar-refractivity contribution in [2.45, 2.75) is 12.5 Å². The first-order valence-electron chi connectivity index (χ1n) is 4.72. The average molecular weight is 295 g/mol. The van der Waals surface area contributed by atoms with Gasteiger partial charge in [0.05, 0.1) is 12.0 Å². The highest BCUT2D eigenvalue weighted by atomic mass is 35.5. The van der Waals surface area contributed by atoms with E-state index in [4.69, 9.17) is 17.3 Å². The number of ether oxygens (including phenoxy) is 1. The van der Waals surface area contributed by atoms with Crippen LogP contribution in [0.5, 0.6) is 0 Å². The third-order valence-corrected chi connectivity index (χ3v) is 2.42. The van der Waals surface area contributed by atoms with Crippen LogP contribution in [0.25, 0.3) is 0 Å². The summed E-state index contributed by atoms with van der Waals surface area (Å²) in [7, 11) is 1.21. The molecule has 0 radical (unpaired) electrons. The number of carbonyl (C=O) groups excluding carboxylic acids is 1. The van der Waals surface area contributed by atoms with Gasteiger partial charge in [0, 0.05) is 23.1 Å². The first-order chi connectivity index (χ1) is 7.95. The smallest absolute Gasteiger partial charge is 0.322 e. The molecule has 1 rings (SSSR count). The van der Waals surface area contributed by atoms with Crippen LogP contribution in [0.15, 0.2) is 18.2 Å². The highest BCUT2D eigenvalue weighted by Crippen LogP contribution is 2.24. The maximum atomic E-state index is 11.1. The van der Waals surface area contributed by atoms with Crippen LogP contribution in [0.3, 0.4) is 0 Å². The fourth-order valence-electron chi connectivity index (χ4n) is 1.35. The van der Waals surface area contributed by atoms with E-state index in [0.29, 0.717) is 5.56 Å². The van der Waals surface area contributed by atoms with Gasteiger partial charge in [-0.15, -0.1) is 12.4 Å². The third kappa shape index (κ3) is 4.14. The molecule has 1 aromatic rings. The van der Waals surface area contributed by atoms with E-state index < -0.39 is 16.9 Å². The number of benzene rings is 1. The van der Waals surface area contributed by atoms with E-state index >= 15 is 0 Å². The molecule has 1 unspecified atom stereocenters. The Hall–Kier alpha value is -1.37. The van der Waals surface area contributed by atoms with Gasteiger partial charge in [0.25, 0.3) is 5.69 Å². The van der Waals surface area contributed by atoms with Crippen LogP contribution < -0.4 is 5.73 Å². The summed E-state index contributed by atoms with van der Waals surface area (Å²) in [6.45, 7) is 0. The number of carbonyl (C=O) groups is 1. The van der Waals surface area contributed by atoms with Crippen LogP contribution in [-0.2, 0) is 16.0 Å². The Morgan fingerprint density at radius 3 is 2.72 bits per heavy atom. The fraction of sp³-hybridized carbons (Fsp3) is 0.300. The van der Waals surface area contributed by atoms with Gasteiger partial charge in [-0.3, -0.25) is 14.9 Å². The topological polar surface area (TPSA) is 95.5 Å². The van der Waals surface area contributed by atoms with E-state index in [-0.39, 0.29) is 29.5 Å². The van der Waals surface area contributed by atoms with Crippen molar-refractivity contribution >= 4 is 35.7 Å². The Morgan fingerprint density at radius 2 is 2.22 bits per heavy atom. The molecule has 1 aromatic carbocycles. The second kappa shape index (κ2) is 7.15. The van der Waals surface area contributed by atoms with Crippen molar-refractivity contribution in [1.29, 1.82) is 0 Å². The van der Waals surface area contributed by atoms with E-state index in [1.54, 1.807) is 0 Å². The van der Waals surface area contributed by atoms with E-state index in [1.165, 1.54) is 25.3 Å². The molecule has 6 nitrogen and oxygen atoms in total. The van der Waals surface area contributed by atoms with Crippen LogP contribution >= 0.6 is 24.0 Å². The molecule has 2 N–H and O–H groups in total. The molecule has 8 heteroatoms. The Balaban J connectivity index is 0.00000289. The first kappa shape index (κ1) is 16.6. The highest BCUT2D eigenvalue weighted by Gasteiger charge is 2.21. The Bertz CT molecular complexity index is 454. The predicted octanol–water partition coefficient (Wildman–Crippen LogP) is 1.71. The van der Waals surface area contributed by atoms with Crippen molar-refractivity contribution in [1.82, 2.24) is 0 Å². The standard InChI is InChI=1S/C10H11ClN2O4.ClH/c1-17-10(14)8(12)4-6-2-3-7(11)5-9(6)13(15)16;/h2-3,5,8H,4,12H2,1H3;1H. The number of halogens is 2. The summed E-state index contributed by atoms with van der Waals surface area (Å²) in [5.74, 6) is -0.616. The molecule has 0 aliphatic rings. The highest BCUT2D eigenvalue weighted by molar-refractivity contribution is 6.30. The molecule has 0 heterocycles. The molecular formula is C10H12Cl2N2O4. The predicted molar refractivity (Wildman–Crippen MR) is 69.0 cm³/mol. The number of rotatable bonds is 4. The first-order valence-corrected chi connectivity index (χ1v) is 5.09. The molecule has 0 bridgehead atoms. The Kier molecular flexibility index (Phi) is 6.61. The number of nitrogens with zero attached hydrogens (tertiary/aromatic N) is 1. The summed E-state index contributed by atoms with van der Waals surface area (Å²) < 4.78 is 4.45. The van der Waals surface area contributed by atoms with Crippen LogP contribution in [-0.4, -0.2) is 24.0 Å². The summed E-state index contributed by atoms with van der Waals surface area (Å²) in [6, 6.07) is 3.28. The Labute approximate surface area is 115 Å². The normalized spacial score (nSPS) is 11.3. The van der Waals surface area contributed by atoms with Gasteiger partial charge in [-0.2, -0.15) is 0 Å². The molecule has 1 atom stereocenters. The van der Waals surface area contributed by atoms with Gasteiger partial charge in [-0.05, 0) is 6.07 Å². The second-order valence-corrected chi connectivity index (χ2v) is 3.80. The van der Waals surface area contributed by atoms with Crippen molar-refractivity contribution in [3.05, 3.63) is 38.9 Å². The summed E-state index contributed by atoms with van der Waals surface area (Å²) >= 11 is 5.66. The molecule has 18 heavy (non-hydrogen) atoms. The summed E-state index contributed by atoms with van der Waals surface area (Å²) in [6.07, 6.45) is 0.0279. The van der Waals surface area contributed by atoms with Crippen LogP contribution in [0, 0.1) is 10.1 Å². The van der Waals surface area contributed by atoms with E-state index in [1.807, 2.05) is 0 Å². The number of nitro benzene ring substituents is 1. The lowest BCUT2D eigenvalue weighted by Crippen LogP contribution is -2.33. The van der Waals surface area contributed by atoms with E-state index in [0.717, 1.165) is 0 Å². The quantitative estimate of drug-likeness (QED) is 0.518. The molecule has 0 spiro atoms. The molecule has 0 saturated heterocycles. The number of nitro groups is 1. The lowest BCUT2D eigenvalue weighted by Gasteiger charge is -2.09. The van der Waals surface area contributed by atoms with Crippen molar-refractivity contribution in [3.8, 4) is 0 Å². The van der Waals surface area contributed by atoms with Crippen molar-refractivity contribution in [2.75, 3.05) is 7.11 Å². The summed E-state index contributed by atoms with van der Waals surface area (Å²) in [5.41, 5.74) is 5.73. The van der Waals surface area contributed by atoms with Crippen molar-refractivity contribution in [3.63, 3.8) is 0 Å². The van der Waals surface area contributed by atoms with E-state index in [9.17, 15) is 14.9 Å². The average Bonchev–Trinajstić information content (AvgIpc) is 2.29. The summed E-state index contributed by atoms with van der Waals surface area (Å²) in [5, 5.41) is 11.0.